The summed E-state index contributed by atoms with van der Waals surface area (Å²) in [7, 11) is 0. The summed E-state index contributed by atoms with van der Waals surface area (Å²) in [6.07, 6.45) is 6.01. The Bertz CT molecular complexity index is 359. The molecule has 1 aliphatic carbocycles. The number of aryl methyl sites for hydroxylation is 1. The fraction of sp³-hybridized carbons (Fsp3) is 0.846. The molecule has 0 aromatic carbocycles. The molecule has 18 heavy (non-hydrogen) atoms. The first kappa shape index (κ1) is 13.5. The predicted octanol–water partition coefficient (Wildman–Crippen LogP) is 1.89. The zero-order chi connectivity index (χ0) is 13.0. The molecule has 1 unspecified atom stereocenters. The number of rotatable bonds is 5. The minimum atomic E-state index is -0.320. The van der Waals surface area contributed by atoms with E-state index in [2.05, 4.69) is 15.0 Å². The van der Waals surface area contributed by atoms with Crippen molar-refractivity contribution >= 4 is 0 Å². The lowest BCUT2D eigenvalue weighted by atomic mass is 9.94. The Kier molecular flexibility index (Phi) is 4.72. The Labute approximate surface area is 108 Å². The van der Waals surface area contributed by atoms with Gasteiger partial charge in [0.2, 0.25) is 5.89 Å². The van der Waals surface area contributed by atoms with Gasteiger partial charge in [0.1, 0.15) is 0 Å². The van der Waals surface area contributed by atoms with Crippen molar-refractivity contribution in [3.63, 3.8) is 0 Å². The van der Waals surface area contributed by atoms with Crippen molar-refractivity contribution in [3.8, 4) is 0 Å². The fourth-order valence-corrected chi connectivity index (χ4v) is 2.72. The molecule has 1 N–H and O–H groups in total. The summed E-state index contributed by atoms with van der Waals surface area (Å²) in [6, 6.07) is 0.548. The number of aliphatic hydroxyl groups is 1. The van der Waals surface area contributed by atoms with Gasteiger partial charge in [0.05, 0.1) is 12.6 Å². The average Bonchev–Trinajstić information content (AvgIpc) is 2.75. The van der Waals surface area contributed by atoms with Crippen molar-refractivity contribution in [1.29, 1.82) is 0 Å². The van der Waals surface area contributed by atoms with E-state index >= 15 is 0 Å². The van der Waals surface area contributed by atoms with Crippen LogP contribution < -0.4 is 0 Å². The van der Waals surface area contributed by atoms with Crippen molar-refractivity contribution in [2.24, 2.45) is 0 Å². The van der Waals surface area contributed by atoms with Gasteiger partial charge in [-0.15, -0.1) is 0 Å². The first-order chi connectivity index (χ1) is 8.65. The van der Waals surface area contributed by atoms with Crippen LogP contribution in [-0.4, -0.2) is 38.8 Å². The molecule has 0 saturated heterocycles. The zero-order valence-electron chi connectivity index (χ0n) is 11.3. The monoisotopic (exact) mass is 253 g/mol. The van der Waals surface area contributed by atoms with E-state index in [0.29, 0.717) is 25.0 Å². The van der Waals surface area contributed by atoms with Crippen LogP contribution in [0.1, 0.15) is 50.7 Å². The van der Waals surface area contributed by atoms with Gasteiger partial charge in [-0.1, -0.05) is 24.4 Å². The second kappa shape index (κ2) is 6.29. The lowest BCUT2D eigenvalue weighted by Crippen LogP contribution is -2.40. The van der Waals surface area contributed by atoms with Gasteiger partial charge in [-0.25, -0.2) is 0 Å². The van der Waals surface area contributed by atoms with Gasteiger partial charge in [0.15, 0.2) is 5.82 Å². The summed E-state index contributed by atoms with van der Waals surface area (Å²) in [5.41, 5.74) is 0. The van der Waals surface area contributed by atoms with Crippen LogP contribution in [-0.2, 0) is 6.54 Å². The highest BCUT2D eigenvalue weighted by molar-refractivity contribution is 4.87. The van der Waals surface area contributed by atoms with Gasteiger partial charge in [-0.2, -0.15) is 4.98 Å². The second-order valence-electron chi connectivity index (χ2n) is 5.30. The molecule has 1 fully saturated rings. The van der Waals surface area contributed by atoms with E-state index in [9.17, 15) is 5.11 Å². The Hall–Kier alpha value is -0.940. The number of aromatic nitrogens is 2. The molecule has 5 nitrogen and oxygen atoms in total. The minimum Gasteiger partial charge on any atom is -0.392 e. The van der Waals surface area contributed by atoms with Gasteiger partial charge in [0.25, 0.3) is 0 Å². The third kappa shape index (κ3) is 3.78. The Balaban J connectivity index is 1.99. The van der Waals surface area contributed by atoms with Gasteiger partial charge >= 0.3 is 0 Å². The maximum atomic E-state index is 9.63. The van der Waals surface area contributed by atoms with E-state index in [-0.39, 0.29) is 6.10 Å². The minimum absolute atomic E-state index is 0.320. The van der Waals surface area contributed by atoms with Gasteiger partial charge in [-0.3, -0.25) is 4.90 Å². The maximum absolute atomic E-state index is 9.63. The quantitative estimate of drug-likeness (QED) is 0.868. The molecule has 1 aromatic heterocycles. The highest BCUT2D eigenvalue weighted by Gasteiger charge is 2.23. The molecule has 5 heteroatoms. The van der Waals surface area contributed by atoms with Crippen LogP contribution in [0.15, 0.2) is 4.52 Å². The molecule has 0 amide bonds. The second-order valence-corrected chi connectivity index (χ2v) is 5.30. The molecule has 1 aromatic rings. The SMILES string of the molecule is Cc1nc(CN(CC(C)O)C2CCCCC2)no1. The van der Waals surface area contributed by atoms with Crippen molar-refractivity contribution in [2.75, 3.05) is 6.54 Å². The van der Waals surface area contributed by atoms with E-state index in [1.54, 1.807) is 6.92 Å². The van der Waals surface area contributed by atoms with Crippen LogP contribution in [0.4, 0.5) is 0 Å². The van der Waals surface area contributed by atoms with E-state index in [1.165, 1.54) is 32.1 Å². The van der Waals surface area contributed by atoms with Crippen molar-refractivity contribution in [3.05, 3.63) is 11.7 Å². The number of aliphatic hydroxyl groups excluding tert-OH is 1. The summed E-state index contributed by atoms with van der Waals surface area (Å²) in [5.74, 6) is 1.32. The Morgan fingerprint density at radius 2 is 2.11 bits per heavy atom. The third-order valence-electron chi connectivity index (χ3n) is 3.50. The Morgan fingerprint density at radius 3 is 2.67 bits per heavy atom. The van der Waals surface area contributed by atoms with Crippen LogP contribution in [0.25, 0.3) is 0 Å². The molecular weight excluding hydrogens is 230 g/mol. The molecule has 0 radical (unpaired) electrons. The smallest absolute Gasteiger partial charge is 0.223 e. The molecule has 0 aliphatic heterocycles. The fourth-order valence-electron chi connectivity index (χ4n) is 2.72. The molecule has 2 rings (SSSR count). The average molecular weight is 253 g/mol. The number of nitrogens with zero attached hydrogens (tertiary/aromatic N) is 3. The number of hydrogen-bond donors (Lipinski definition) is 1. The summed E-state index contributed by atoms with van der Waals surface area (Å²) >= 11 is 0. The topological polar surface area (TPSA) is 62.4 Å². The van der Waals surface area contributed by atoms with E-state index < -0.39 is 0 Å². The molecule has 0 spiro atoms. The lowest BCUT2D eigenvalue weighted by Gasteiger charge is -2.34. The van der Waals surface area contributed by atoms with E-state index in [1.807, 2.05) is 6.92 Å². The third-order valence-corrected chi connectivity index (χ3v) is 3.50. The molecule has 0 bridgehead atoms. The van der Waals surface area contributed by atoms with Crippen LogP contribution in [0.5, 0.6) is 0 Å². The standard InChI is InChI=1S/C13H23N3O2/c1-10(17)8-16(12-6-4-3-5-7-12)9-13-14-11(2)18-15-13/h10,12,17H,3-9H2,1-2H3. The highest BCUT2D eigenvalue weighted by atomic mass is 16.5. The largest absolute Gasteiger partial charge is 0.392 e. The van der Waals surface area contributed by atoms with Crippen LogP contribution in [0.3, 0.4) is 0 Å². The lowest BCUT2D eigenvalue weighted by molar-refractivity contribution is 0.0744. The maximum Gasteiger partial charge on any atom is 0.223 e. The molecular formula is C13H23N3O2. The van der Waals surface area contributed by atoms with E-state index in [4.69, 9.17) is 4.52 Å². The number of hydrogen-bond acceptors (Lipinski definition) is 5. The van der Waals surface area contributed by atoms with Gasteiger partial charge in [0, 0.05) is 19.5 Å². The summed E-state index contributed by atoms with van der Waals surface area (Å²) in [4.78, 5) is 6.55. The molecule has 1 atom stereocenters. The molecule has 1 heterocycles. The molecule has 1 aliphatic rings. The highest BCUT2D eigenvalue weighted by Crippen LogP contribution is 2.23. The van der Waals surface area contributed by atoms with Gasteiger partial charge < -0.3 is 9.63 Å². The molecule has 102 valence electrons. The molecule has 1 saturated carbocycles. The first-order valence-corrected chi connectivity index (χ1v) is 6.86. The van der Waals surface area contributed by atoms with Crippen molar-refractivity contribution in [2.45, 2.75) is 64.6 Å². The van der Waals surface area contributed by atoms with E-state index in [0.717, 1.165) is 5.82 Å². The van der Waals surface area contributed by atoms with Crippen LogP contribution in [0, 0.1) is 6.92 Å². The summed E-state index contributed by atoms with van der Waals surface area (Å²) < 4.78 is 5.01. The van der Waals surface area contributed by atoms with Crippen LogP contribution >= 0.6 is 0 Å². The van der Waals surface area contributed by atoms with Crippen molar-refractivity contribution in [1.82, 2.24) is 15.0 Å². The Morgan fingerprint density at radius 1 is 1.39 bits per heavy atom. The predicted molar refractivity (Wildman–Crippen MR) is 68.0 cm³/mol. The normalized spacial score (nSPS) is 19.3. The van der Waals surface area contributed by atoms with Gasteiger partial charge in [-0.05, 0) is 19.8 Å². The zero-order valence-corrected chi connectivity index (χ0v) is 11.3. The summed E-state index contributed by atoms with van der Waals surface area (Å²) in [5, 5.41) is 13.6. The first-order valence-electron chi connectivity index (χ1n) is 6.86. The van der Waals surface area contributed by atoms with Crippen LogP contribution in [0.2, 0.25) is 0 Å². The van der Waals surface area contributed by atoms with Crippen molar-refractivity contribution < 1.29 is 9.63 Å². The summed E-state index contributed by atoms with van der Waals surface area (Å²) in [6.45, 7) is 4.98.